The van der Waals surface area contributed by atoms with E-state index in [0.717, 1.165) is 51.4 Å². The first-order valence-electron chi connectivity index (χ1n) is 9.48. The van der Waals surface area contributed by atoms with Gasteiger partial charge >= 0.3 is 0 Å². The van der Waals surface area contributed by atoms with Gasteiger partial charge < -0.3 is 15.3 Å². The second kappa shape index (κ2) is 6.16. The first kappa shape index (κ1) is 17.4. The summed E-state index contributed by atoms with van der Waals surface area (Å²) < 4.78 is 0. The molecule has 2 unspecified atom stereocenters. The van der Waals surface area contributed by atoms with Crippen LogP contribution < -0.4 is 0 Å². The maximum atomic E-state index is 11.2. The van der Waals surface area contributed by atoms with Gasteiger partial charge in [-0.15, -0.1) is 0 Å². The molecule has 0 aromatic heterocycles. The summed E-state index contributed by atoms with van der Waals surface area (Å²) in [6.07, 6.45) is 7.09. The molecule has 3 nitrogen and oxygen atoms in total. The minimum atomic E-state index is -0.269. The lowest BCUT2D eigenvalue weighted by atomic mass is 9.51. The Balaban J connectivity index is 1.84. The molecule has 3 fully saturated rings. The third-order valence-corrected chi connectivity index (χ3v) is 8.01. The highest BCUT2D eigenvalue weighted by Crippen LogP contribution is 2.61. The number of aliphatic hydroxyl groups excluding tert-OH is 3. The Hall–Kier alpha value is -0.380. The highest BCUT2D eigenvalue weighted by Gasteiger charge is 2.56. The summed E-state index contributed by atoms with van der Waals surface area (Å²) in [7, 11) is 0. The summed E-state index contributed by atoms with van der Waals surface area (Å²) in [6.45, 7) is 9.05. The molecule has 3 rings (SSSR count). The molecule has 0 bridgehead atoms. The fourth-order valence-electron chi connectivity index (χ4n) is 6.22. The molecule has 0 saturated heterocycles. The molecule has 3 heteroatoms. The molecular weight excluding hydrogens is 288 g/mol. The summed E-state index contributed by atoms with van der Waals surface area (Å²) in [5.41, 5.74) is 1.48. The van der Waals surface area contributed by atoms with Gasteiger partial charge in [-0.1, -0.05) is 26.0 Å². The molecule has 132 valence electrons. The van der Waals surface area contributed by atoms with E-state index in [-0.39, 0.29) is 35.6 Å². The van der Waals surface area contributed by atoms with Crippen LogP contribution in [0.2, 0.25) is 0 Å². The zero-order valence-electron chi connectivity index (χ0n) is 14.8. The van der Waals surface area contributed by atoms with E-state index >= 15 is 0 Å². The van der Waals surface area contributed by atoms with Crippen molar-refractivity contribution in [2.45, 2.75) is 77.4 Å². The minimum Gasteiger partial charge on any atom is -0.396 e. The van der Waals surface area contributed by atoms with Crippen molar-refractivity contribution >= 4 is 0 Å². The van der Waals surface area contributed by atoms with Crippen molar-refractivity contribution in [1.82, 2.24) is 0 Å². The van der Waals surface area contributed by atoms with Crippen molar-refractivity contribution in [3.63, 3.8) is 0 Å². The summed E-state index contributed by atoms with van der Waals surface area (Å²) >= 11 is 0. The molecule has 0 aromatic rings. The van der Waals surface area contributed by atoms with Crippen molar-refractivity contribution < 1.29 is 15.3 Å². The molecule has 0 aliphatic heterocycles. The van der Waals surface area contributed by atoms with Gasteiger partial charge in [0.1, 0.15) is 0 Å². The van der Waals surface area contributed by atoms with Crippen molar-refractivity contribution in [2.24, 2.45) is 28.6 Å². The van der Waals surface area contributed by atoms with Gasteiger partial charge in [-0.25, -0.2) is 0 Å². The number of allylic oxidation sites excluding steroid dienone is 1. The monoisotopic (exact) mass is 322 g/mol. The largest absolute Gasteiger partial charge is 0.396 e. The van der Waals surface area contributed by atoms with Gasteiger partial charge in [0.15, 0.2) is 0 Å². The van der Waals surface area contributed by atoms with E-state index in [1.807, 2.05) is 0 Å². The van der Waals surface area contributed by atoms with Crippen LogP contribution in [0.25, 0.3) is 0 Å². The molecule has 0 aromatic carbocycles. The van der Waals surface area contributed by atoms with Crippen molar-refractivity contribution in [1.29, 1.82) is 0 Å². The molecule has 23 heavy (non-hydrogen) atoms. The molecule has 3 aliphatic rings. The number of aliphatic hydroxyl groups is 3. The van der Waals surface area contributed by atoms with Crippen molar-refractivity contribution in [2.75, 3.05) is 6.61 Å². The van der Waals surface area contributed by atoms with Crippen LogP contribution in [0.15, 0.2) is 12.2 Å². The highest BCUT2D eigenvalue weighted by molar-refractivity contribution is 5.21. The Morgan fingerprint density at radius 1 is 1.09 bits per heavy atom. The Morgan fingerprint density at radius 2 is 1.83 bits per heavy atom. The second-order valence-corrected chi connectivity index (χ2v) is 8.95. The third-order valence-electron chi connectivity index (χ3n) is 8.01. The standard InChI is InChI=1S/C20H34O3/c1-13-4-5-16-18(23)17(7-10-19(13,16)2)20(3)9-6-15(22)12-14(20)8-11-21/h14-18,21-23H,1,4-12H2,2-3H3/t14-,15-,16?,17?,18+,19-,20-/m0/s1. The summed E-state index contributed by atoms with van der Waals surface area (Å²) in [6, 6.07) is 0. The Kier molecular flexibility index (Phi) is 4.67. The number of fused-ring (bicyclic) bond motifs is 1. The lowest BCUT2D eigenvalue weighted by molar-refractivity contribution is -0.121. The van der Waals surface area contributed by atoms with E-state index in [2.05, 4.69) is 20.4 Å². The highest BCUT2D eigenvalue weighted by atomic mass is 16.3. The van der Waals surface area contributed by atoms with Crippen LogP contribution in [0.3, 0.4) is 0 Å². The maximum absolute atomic E-state index is 11.2. The lowest BCUT2D eigenvalue weighted by Crippen LogP contribution is -2.52. The van der Waals surface area contributed by atoms with Crippen LogP contribution in [0.5, 0.6) is 0 Å². The average molecular weight is 322 g/mol. The number of rotatable bonds is 3. The van der Waals surface area contributed by atoms with Crippen molar-refractivity contribution in [3.8, 4) is 0 Å². The van der Waals surface area contributed by atoms with Gasteiger partial charge in [0.05, 0.1) is 12.2 Å². The van der Waals surface area contributed by atoms with E-state index in [1.54, 1.807) is 0 Å². The summed E-state index contributed by atoms with van der Waals surface area (Å²) in [5, 5.41) is 30.8. The van der Waals surface area contributed by atoms with Crippen LogP contribution in [-0.2, 0) is 0 Å². The molecule has 0 radical (unpaired) electrons. The average Bonchev–Trinajstić information content (AvgIpc) is 2.80. The van der Waals surface area contributed by atoms with Crippen molar-refractivity contribution in [3.05, 3.63) is 12.2 Å². The van der Waals surface area contributed by atoms with E-state index in [9.17, 15) is 15.3 Å². The molecule has 0 heterocycles. The summed E-state index contributed by atoms with van der Waals surface area (Å²) in [4.78, 5) is 0. The van der Waals surface area contributed by atoms with Crippen LogP contribution in [-0.4, -0.2) is 34.1 Å². The number of hydrogen-bond acceptors (Lipinski definition) is 3. The second-order valence-electron chi connectivity index (χ2n) is 8.95. The van der Waals surface area contributed by atoms with E-state index < -0.39 is 0 Å². The predicted octanol–water partition coefficient (Wildman–Crippen LogP) is 3.28. The fourth-order valence-corrected chi connectivity index (χ4v) is 6.22. The Morgan fingerprint density at radius 3 is 2.52 bits per heavy atom. The topological polar surface area (TPSA) is 60.7 Å². The molecule has 3 N–H and O–H groups in total. The maximum Gasteiger partial charge on any atom is 0.0610 e. The van der Waals surface area contributed by atoms with Gasteiger partial charge in [-0.2, -0.15) is 0 Å². The van der Waals surface area contributed by atoms with Crippen LogP contribution >= 0.6 is 0 Å². The van der Waals surface area contributed by atoms with Crippen LogP contribution in [0.4, 0.5) is 0 Å². The predicted molar refractivity (Wildman–Crippen MR) is 91.9 cm³/mol. The molecule has 0 spiro atoms. The Labute approximate surface area is 140 Å². The fraction of sp³-hybridized carbons (Fsp3) is 0.900. The van der Waals surface area contributed by atoms with E-state index in [1.165, 1.54) is 5.57 Å². The first-order chi connectivity index (χ1) is 10.8. The SMILES string of the molecule is C=C1CCC2[C@@H](O)C([C@@]3(C)CC[C@H](O)C[C@@H]3CCO)CC[C@@]12C. The van der Waals surface area contributed by atoms with E-state index in [4.69, 9.17) is 0 Å². The molecule has 3 saturated carbocycles. The Bertz CT molecular complexity index is 462. The van der Waals surface area contributed by atoms with Gasteiger partial charge in [-0.05, 0) is 80.0 Å². The molecular formula is C20H34O3. The lowest BCUT2D eigenvalue weighted by Gasteiger charge is -2.55. The van der Waals surface area contributed by atoms with Crippen LogP contribution in [0, 0.1) is 28.6 Å². The van der Waals surface area contributed by atoms with Gasteiger partial charge in [0.2, 0.25) is 0 Å². The normalized spacial score (nSPS) is 50.8. The minimum absolute atomic E-state index is 0.0344. The zero-order chi connectivity index (χ0) is 16.8. The zero-order valence-corrected chi connectivity index (χ0v) is 14.8. The molecule has 7 atom stereocenters. The molecule has 0 amide bonds. The smallest absolute Gasteiger partial charge is 0.0610 e. The number of hydrogen-bond donors (Lipinski definition) is 3. The quantitative estimate of drug-likeness (QED) is 0.699. The van der Waals surface area contributed by atoms with Gasteiger partial charge in [-0.3, -0.25) is 0 Å². The molecule has 3 aliphatic carbocycles. The summed E-state index contributed by atoms with van der Waals surface area (Å²) in [5.74, 6) is 0.938. The van der Waals surface area contributed by atoms with Crippen LogP contribution in [0.1, 0.15) is 65.2 Å². The first-order valence-corrected chi connectivity index (χ1v) is 9.48. The van der Waals surface area contributed by atoms with E-state index in [0.29, 0.717) is 11.8 Å². The van der Waals surface area contributed by atoms with Gasteiger partial charge in [0, 0.05) is 6.61 Å². The van der Waals surface area contributed by atoms with Gasteiger partial charge in [0.25, 0.3) is 0 Å². The third kappa shape index (κ3) is 2.69.